The zero-order valence-electron chi connectivity index (χ0n) is 17.0. The van der Waals surface area contributed by atoms with Crippen LogP contribution >= 0.6 is 0 Å². The maximum Gasteiger partial charge on any atom is 0.355 e. The Balaban J connectivity index is 2.12. The quantitative estimate of drug-likeness (QED) is 0.545. The van der Waals surface area contributed by atoms with Gasteiger partial charge in [0.15, 0.2) is 6.10 Å². The number of hydrogen-bond acceptors (Lipinski definition) is 6. The van der Waals surface area contributed by atoms with Crippen molar-refractivity contribution in [3.63, 3.8) is 0 Å². The van der Waals surface area contributed by atoms with Crippen LogP contribution in [0.2, 0.25) is 0 Å². The van der Waals surface area contributed by atoms with Gasteiger partial charge in [-0.1, -0.05) is 0 Å². The van der Waals surface area contributed by atoms with Gasteiger partial charge in [-0.05, 0) is 57.5 Å². The Morgan fingerprint density at radius 2 is 1.69 bits per heavy atom. The molecule has 0 fully saturated rings. The first kappa shape index (κ1) is 21.9. The molecule has 8 nitrogen and oxygen atoms in total. The van der Waals surface area contributed by atoms with Gasteiger partial charge in [-0.2, -0.15) is 0 Å². The molecule has 1 amide bonds. The fourth-order valence-electron chi connectivity index (χ4n) is 2.89. The first-order valence-electron chi connectivity index (χ1n) is 9.14. The van der Waals surface area contributed by atoms with Gasteiger partial charge < -0.3 is 19.8 Å². The van der Waals surface area contributed by atoms with E-state index >= 15 is 0 Å². The van der Waals surface area contributed by atoms with Crippen LogP contribution in [0.1, 0.15) is 63.2 Å². The zero-order valence-corrected chi connectivity index (χ0v) is 17.0. The SMILES string of the molecule is CCOC(=O)c1c(C)[nH]c(C(=O)OC(C)C(=O)c2ccc(NC(C)=O)cc2)c1C. The van der Waals surface area contributed by atoms with E-state index in [4.69, 9.17) is 9.47 Å². The van der Waals surface area contributed by atoms with Crippen molar-refractivity contribution < 1.29 is 28.7 Å². The first-order chi connectivity index (χ1) is 13.6. The predicted octanol–water partition coefficient (Wildman–Crippen LogP) is 3.19. The average Bonchev–Trinajstić information content (AvgIpc) is 2.95. The van der Waals surface area contributed by atoms with Crippen molar-refractivity contribution in [3.8, 4) is 0 Å². The standard InChI is InChI=1S/C21H24N2O6/c1-6-28-20(26)17-11(2)18(22-12(17)3)21(27)29-13(4)19(25)15-7-9-16(10-8-15)23-14(5)24/h7-10,13,22H,6H2,1-5H3,(H,23,24). The van der Waals surface area contributed by atoms with Crippen LogP contribution in [0.3, 0.4) is 0 Å². The molecule has 29 heavy (non-hydrogen) atoms. The maximum absolute atomic E-state index is 12.5. The van der Waals surface area contributed by atoms with Crippen molar-refractivity contribution in [1.82, 2.24) is 4.98 Å². The minimum Gasteiger partial charge on any atom is -0.462 e. The fourth-order valence-corrected chi connectivity index (χ4v) is 2.89. The molecule has 0 bridgehead atoms. The highest BCUT2D eigenvalue weighted by molar-refractivity contribution is 6.03. The highest BCUT2D eigenvalue weighted by Gasteiger charge is 2.26. The van der Waals surface area contributed by atoms with Crippen LogP contribution < -0.4 is 5.32 Å². The molecule has 2 aromatic rings. The van der Waals surface area contributed by atoms with Gasteiger partial charge in [-0.25, -0.2) is 9.59 Å². The second-order valence-electron chi connectivity index (χ2n) is 6.52. The molecule has 0 radical (unpaired) electrons. The lowest BCUT2D eigenvalue weighted by atomic mass is 10.1. The number of aromatic nitrogens is 1. The van der Waals surface area contributed by atoms with Crippen molar-refractivity contribution in [2.45, 2.75) is 40.7 Å². The number of anilines is 1. The first-order valence-corrected chi connectivity index (χ1v) is 9.14. The molecule has 8 heteroatoms. The maximum atomic E-state index is 12.5. The Labute approximate surface area is 168 Å². The van der Waals surface area contributed by atoms with E-state index in [1.54, 1.807) is 45.0 Å². The van der Waals surface area contributed by atoms with E-state index in [2.05, 4.69) is 10.3 Å². The summed E-state index contributed by atoms with van der Waals surface area (Å²) in [6.07, 6.45) is -1.04. The van der Waals surface area contributed by atoms with Crippen LogP contribution in [0.5, 0.6) is 0 Å². The van der Waals surface area contributed by atoms with Gasteiger partial charge in [0.2, 0.25) is 11.7 Å². The van der Waals surface area contributed by atoms with Gasteiger partial charge in [0, 0.05) is 23.9 Å². The lowest BCUT2D eigenvalue weighted by Gasteiger charge is -2.13. The van der Waals surface area contributed by atoms with E-state index in [0.29, 0.717) is 22.5 Å². The molecular weight excluding hydrogens is 376 g/mol. The van der Waals surface area contributed by atoms with Gasteiger partial charge in [0.25, 0.3) is 0 Å². The number of ketones is 1. The molecule has 1 aromatic carbocycles. The summed E-state index contributed by atoms with van der Waals surface area (Å²) in [5.74, 6) is -1.87. The number of amides is 1. The fraction of sp³-hybridized carbons (Fsp3) is 0.333. The zero-order chi connectivity index (χ0) is 21.7. The number of esters is 2. The highest BCUT2D eigenvalue weighted by atomic mass is 16.5. The van der Waals surface area contributed by atoms with Crippen molar-refractivity contribution in [2.24, 2.45) is 0 Å². The van der Waals surface area contributed by atoms with Gasteiger partial charge >= 0.3 is 11.9 Å². The predicted molar refractivity (Wildman–Crippen MR) is 106 cm³/mol. The number of nitrogens with one attached hydrogen (secondary N) is 2. The summed E-state index contributed by atoms with van der Waals surface area (Å²) in [6, 6.07) is 6.27. The van der Waals surface area contributed by atoms with Gasteiger partial charge in [-0.15, -0.1) is 0 Å². The summed E-state index contributed by atoms with van der Waals surface area (Å²) in [5, 5.41) is 2.61. The third-order valence-corrected chi connectivity index (χ3v) is 4.26. The summed E-state index contributed by atoms with van der Waals surface area (Å²) in [4.78, 5) is 51.0. The molecule has 1 aromatic heterocycles. The van der Waals surface area contributed by atoms with Crippen molar-refractivity contribution >= 4 is 29.3 Å². The Morgan fingerprint density at radius 1 is 1.07 bits per heavy atom. The third-order valence-electron chi connectivity index (χ3n) is 4.26. The van der Waals surface area contributed by atoms with Crippen LogP contribution in [0, 0.1) is 13.8 Å². The number of rotatable bonds is 7. The molecule has 154 valence electrons. The van der Waals surface area contributed by atoms with E-state index in [1.807, 2.05) is 0 Å². The second-order valence-corrected chi connectivity index (χ2v) is 6.52. The summed E-state index contributed by atoms with van der Waals surface area (Å²) in [7, 11) is 0. The molecule has 1 atom stereocenters. The monoisotopic (exact) mass is 400 g/mol. The number of aryl methyl sites for hydroxylation is 1. The third kappa shape index (κ3) is 5.10. The van der Waals surface area contributed by atoms with E-state index < -0.39 is 18.0 Å². The highest BCUT2D eigenvalue weighted by Crippen LogP contribution is 2.21. The Kier molecular flexibility index (Phi) is 6.93. The van der Waals surface area contributed by atoms with E-state index in [9.17, 15) is 19.2 Å². The molecule has 2 N–H and O–H groups in total. The molecule has 0 aliphatic carbocycles. The molecule has 0 aliphatic heterocycles. The van der Waals surface area contributed by atoms with Crippen LogP contribution in [0.4, 0.5) is 5.69 Å². The van der Waals surface area contributed by atoms with Gasteiger partial charge in [0.05, 0.1) is 12.2 Å². The molecule has 0 spiro atoms. The lowest BCUT2D eigenvalue weighted by molar-refractivity contribution is -0.114. The summed E-state index contributed by atoms with van der Waals surface area (Å²) in [6.45, 7) is 8.04. The van der Waals surface area contributed by atoms with Crippen LogP contribution in [-0.2, 0) is 14.3 Å². The van der Waals surface area contributed by atoms with Crippen molar-refractivity contribution in [2.75, 3.05) is 11.9 Å². The van der Waals surface area contributed by atoms with Crippen molar-refractivity contribution in [3.05, 3.63) is 52.3 Å². The number of H-pyrrole nitrogens is 1. The number of aromatic amines is 1. The number of hydrogen-bond donors (Lipinski definition) is 2. The van der Waals surface area contributed by atoms with Crippen LogP contribution in [-0.4, -0.2) is 41.3 Å². The number of carbonyl (C=O) groups excluding carboxylic acids is 4. The van der Waals surface area contributed by atoms with Crippen LogP contribution in [0.15, 0.2) is 24.3 Å². The van der Waals surface area contributed by atoms with E-state index in [-0.39, 0.29) is 29.6 Å². The molecule has 2 rings (SSSR count). The molecule has 1 unspecified atom stereocenters. The summed E-state index contributed by atoms with van der Waals surface area (Å²) >= 11 is 0. The summed E-state index contributed by atoms with van der Waals surface area (Å²) < 4.78 is 10.3. The molecule has 0 saturated heterocycles. The van der Waals surface area contributed by atoms with Gasteiger partial charge in [-0.3, -0.25) is 9.59 Å². The number of Topliss-reactive ketones (excluding diaryl/α,β-unsaturated/α-hetero) is 1. The average molecular weight is 400 g/mol. The number of benzene rings is 1. The van der Waals surface area contributed by atoms with Crippen molar-refractivity contribution in [1.29, 1.82) is 0 Å². The van der Waals surface area contributed by atoms with E-state index in [0.717, 1.165) is 0 Å². The minimum atomic E-state index is -1.04. The number of ether oxygens (including phenoxy) is 2. The number of carbonyl (C=O) groups is 4. The second kappa shape index (κ2) is 9.18. The molecule has 0 saturated carbocycles. The van der Waals surface area contributed by atoms with Crippen LogP contribution in [0.25, 0.3) is 0 Å². The molecular formula is C21H24N2O6. The van der Waals surface area contributed by atoms with E-state index in [1.165, 1.54) is 13.8 Å². The largest absolute Gasteiger partial charge is 0.462 e. The molecule has 0 aliphatic rings. The Morgan fingerprint density at radius 3 is 2.24 bits per heavy atom. The normalized spacial score (nSPS) is 11.5. The Hall–Kier alpha value is -3.42. The summed E-state index contributed by atoms with van der Waals surface area (Å²) in [5.41, 5.74) is 2.18. The molecule has 1 heterocycles. The minimum absolute atomic E-state index is 0.103. The lowest BCUT2D eigenvalue weighted by Crippen LogP contribution is -2.25. The smallest absolute Gasteiger partial charge is 0.355 e. The Bertz CT molecular complexity index is 943. The van der Waals surface area contributed by atoms with Gasteiger partial charge in [0.1, 0.15) is 5.69 Å². The topological polar surface area (TPSA) is 115 Å².